The van der Waals surface area contributed by atoms with Crippen LogP contribution in [0, 0.1) is 0 Å². The highest BCUT2D eigenvalue weighted by Crippen LogP contribution is 2.41. The van der Waals surface area contributed by atoms with Gasteiger partial charge in [0.1, 0.15) is 5.75 Å². The number of methoxy groups -OCH3 is 2. The molecule has 0 unspecified atom stereocenters. The number of nitrogens with one attached hydrogen (secondary N) is 2. The number of aryl methyl sites for hydroxylation is 2. The molecule has 0 bridgehead atoms. The molecule has 3 heterocycles. The van der Waals surface area contributed by atoms with Gasteiger partial charge in [0.2, 0.25) is 11.9 Å². The van der Waals surface area contributed by atoms with Crippen molar-refractivity contribution in [3.8, 4) is 5.75 Å². The summed E-state index contributed by atoms with van der Waals surface area (Å²) in [4.78, 5) is 25.5. The van der Waals surface area contributed by atoms with Gasteiger partial charge in [-0.3, -0.25) is 4.79 Å². The Morgan fingerprint density at radius 1 is 1.13 bits per heavy atom. The van der Waals surface area contributed by atoms with Crippen molar-refractivity contribution >= 4 is 28.9 Å². The van der Waals surface area contributed by atoms with Gasteiger partial charge in [0.25, 0.3) is 0 Å². The van der Waals surface area contributed by atoms with Crippen LogP contribution in [0.5, 0.6) is 5.75 Å². The van der Waals surface area contributed by atoms with Crippen LogP contribution in [0.3, 0.4) is 0 Å². The van der Waals surface area contributed by atoms with Gasteiger partial charge in [-0.25, -0.2) is 9.97 Å². The number of benzene rings is 2. The van der Waals surface area contributed by atoms with E-state index in [9.17, 15) is 18.0 Å². The van der Waals surface area contributed by atoms with E-state index in [1.807, 2.05) is 44.2 Å². The fourth-order valence-electron chi connectivity index (χ4n) is 6.28. The highest BCUT2D eigenvalue weighted by Gasteiger charge is 2.40. The van der Waals surface area contributed by atoms with Gasteiger partial charge in [0, 0.05) is 56.4 Å². The molecule has 0 radical (unpaired) electrons. The minimum atomic E-state index is -4.62. The lowest BCUT2D eigenvalue weighted by Gasteiger charge is -2.38. The van der Waals surface area contributed by atoms with E-state index in [1.54, 1.807) is 20.3 Å². The summed E-state index contributed by atoms with van der Waals surface area (Å²) in [5, 5.41) is 5.94. The maximum Gasteiger partial charge on any atom is 0.419 e. The summed E-state index contributed by atoms with van der Waals surface area (Å²) in [5.41, 5.74) is 2.08. The highest BCUT2D eigenvalue weighted by atomic mass is 19.4. The molecule has 1 aromatic heterocycles. The van der Waals surface area contributed by atoms with Gasteiger partial charge in [-0.05, 0) is 75.9 Å². The van der Waals surface area contributed by atoms with Crippen LogP contribution in [-0.2, 0) is 34.0 Å². The number of carbonyl (C=O) groups excluding carboxylic acids is 1. The van der Waals surface area contributed by atoms with Gasteiger partial charge in [-0.1, -0.05) is 12.1 Å². The van der Waals surface area contributed by atoms with Crippen LogP contribution >= 0.6 is 0 Å². The van der Waals surface area contributed by atoms with E-state index in [1.165, 1.54) is 0 Å². The van der Waals surface area contributed by atoms with Gasteiger partial charge in [-0.15, -0.1) is 0 Å². The molecule has 5 rings (SSSR count). The molecule has 1 saturated heterocycles. The summed E-state index contributed by atoms with van der Waals surface area (Å²) >= 11 is 0. The number of anilines is 4. The van der Waals surface area contributed by atoms with Crippen molar-refractivity contribution in [2.75, 3.05) is 63.0 Å². The molecule has 45 heavy (non-hydrogen) atoms. The summed E-state index contributed by atoms with van der Waals surface area (Å²) in [5.74, 6) is 0.444. The summed E-state index contributed by atoms with van der Waals surface area (Å²) in [6, 6.07) is 11.7. The van der Waals surface area contributed by atoms with Gasteiger partial charge >= 0.3 is 6.18 Å². The second-order valence-corrected chi connectivity index (χ2v) is 12.2. The summed E-state index contributed by atoms with van der Waals surface area (Å²) in [6.07, 6.45) is -1.45. The number of alkyl halides is 3. The van der Waals surface area contributed by atoms with Crippen LogP contribution in [0.25, 0.3) is 0 Å². The number of likely N-dealkylation sites (N-methyl/N-ethyl adjacent to an activating group) is 1. The molecule has 2 N–H and O–H groups in total. The number of fused-ring (bicyclic) bond motifs is 1. The first-order valence-electron chi connectivity index (χ1n) is 15.2. The first-order chi connectivity index (χ1) is 21.4. The van der Waals surface area contributed by atoms with Crippen LogP contribution < -0.4 is 20.3 Å². The van der Waals surface area contributed by atoms with E-state index in [0.717, 1.165) is 55.5 Å². The van der Waals surface area contributed by atoms with Crippen LogP contribution in [0.2, 0.25) is 0 Å². The van der Waals surface area contributed by atoms with Crippen LogP contribution in [-0.4, -0.2) is 74.3 Å². The molecule has 9 nitrogen and oxygen atoms in total. The number of hydrogen-bond donors (Lipinski definition) is 2. The smallest absolute Gasteiger partial charge is 0.419 e. The van der Waals surface area contributed by atoms with Gasteiger partial charge in [-0.2, -0.15) is 13.2 Å². The van der Waals surface area contributed by atoms with Gasteiger partial charge in [0.05, 0.1) is 36.1 Å². The molecule has 12 heteroatoms. The lowest BCUT2D eigenvalue weighted by atomic mass is 9.82. The average molecular weight is 627 g/mol. The maximum absolute atomic E-state index is 14.0. The van der Waals surface area contributed by atoms with E-state index >= 15 is 0 Å². The van der Waals surface area contributed by atoms with Crippen LogP contribution in [0.4, 0.5) is 36.2 Å². The first kappa shape index (κ1) is 32.5. The Kier molecular flexibility index (Phi) is 9.54. The van der Waals surface area contributed by atoms with E-state index in [2.05, 4.69) is 37.4 Å². The van der Waals surface area contributed by atoms with Crippen molar-refractivity contribution in [1.29, 1.82) is 0 Å². The molecule has 0 spiro atoms. The molecular formula is C33H41F3N6O3. The summed E-state index contributed by atoms with van der Waals surface area (Å²) in [7, 11) is 5.40. The number of rotatable bonds is 11. The second-order valence-electron chi connectivity index (χ2n) is 12.2. The summed E-state index contributed by atoms with van der Waals surface area (Å²) in [6.45, 7) is 7.03. The SMILES string of the molecule is COCCN(C)C1CCN(c2ccc(Nc3ncc(C(F)(F)F)c(CCc4cccc5c4C(C)(C)C(=O)N5)n3)c(OC)c2)CC1. The van der Waals surface area contributed by atoms with Crippen LogP contribution in [0.15, 0.2) is 42.6 Å². The first-order valence-corrected chi connectivity index (χ1v) is 15.2. The molecule has 2 aliphatic rings. The number of carbonyl (C=O) groups is 1. The number of nitrogens with zero attached hydrogens (tertiary/aromatic N) is 4. The minimum Gasteiger partial charge on any atom is -0.494 e. The Labute approximate surface area is 262 Å². The predicted molar refractivity (Wildman–Crippen MR) is 169 cm³/mol. The summed E-state index contributed by atoms with van der Waals surface area (Å²) < 4.78 is 52.9. The maximum atomic E-state index is 14.0. The highest BCUT2D eigenvalue weighted by molar-refractivity contribution is 6.06. The van der Waals surface area contributed by atoms with Gasteiger partial charge < -0.3 is 29.9 Å². The van der Waals surface area contributed by atoms with E-state index in [0.29, 0.717) is 29.8 Å². The molecule has 1 fully saturated rings. The lowest BCUT2D eigenvalue weighted by molar-refractivity contribution is -0.138. The van der Waals surface area contributed by atoms with E-state index < -0.39 is 17.2 Å². The Bertz CT molecular complexity index is 1520. The molecular weight excluding hydrogens is 585 g/mol. The third-order valence-corrected chi connectivity index (χ3v) is 8.93. The second kappa shape index (κ2) is 13.2. The zero-order chi connectivity index (χ0) is 32.4. The molecule has 0 saturated carbocycles. The van der Waals surface area contributed by atoms with Crippen molar-refractivity contribution in [2.45, 2.75) is 57.2 Å². The third kappa shape index (κ3) is 7.01. The van der Waals surface area contributed by atoms with Crippen molar-refractivity contribution in [2.24, 2.45) is 0 Å². The van der Waals surface area contributed by atoms with E-state index in [-0.39, 0.29) is 30.4 Å². The monoisotopic (exact) mass is 626 g/mol. The van der Waals surface area contributed by atoms with Crippen LogP contribution in [0.1, 0.15) is 49.1 Å². The average Bonchev–Trinajstić information content (AvgIpc) is 3.26. The Morgan fingerprint density at radius 2 is 1.89 bits per heavy atom. The molecule has 0 atom stereocenters. The fourth-order valence-corrected chi connectivity index (χ4v) is 6.28. The van der Waals surface area contributed by atoms with Crippen molar-refractivity contribution in [3.05, 3.63) is 65.0 Å². The standard InChI is InChI=1S/C33H41F3N6O3/c1-32(2)29-21(7-6-8-27(29)38-30(32)43)9-11-25-24(33(34,35)36)20-37-31(39-25)40-26-12-10-23(19-28(26)45-5)42-15-13-22(14-16-42)41(3)17-18-44-4/h6-8,10,12,19-20,22H,9,11,13-18H2,1-5H3,(H,38,43)(H,37,39,40). The molecule has 1 amide bonds. The number of piperidine rings is 1. The largest absolute Gasteiger partial charge is 0.494 e. The van der Waals surface area contributed by atoms with Gasteiger partial charge in [0.15, 0.2) is 0 Å². The number of hydrogen-bond acceptors (Lipinski definition) is 8. The molecule has 2 aromatic carbocycles. The zero-order valence-corrected chi connectivity index (χ0v) is 26.4. The number of amides is 1. The quantitative estimate of drug-likeness (QED) is 0.276. The number of halogens is 3. The Balaban J connectivity index is 1.32. The van der Waals surface area contributed by atoms with Crippen molar-refractivity contribution in [3.63, 3.8) is 0 Å². The molecule has 0 aliphatic carbocycles. The lowest BCUT2D eigenvalue weighted by Crippen LogP contribution is -2.44. The minimum absolute atomic E-state index is 0.0133. The number of ether oxygens (including phenoxy) is 2. The number of aromatic nitrogens is 2. The predicted octanol–water partition coefficient (Wildman–Crippen LogP) is 5.81. The Morgan fingerprint density at radius 3 is 2.58 bits per heavy atom. The molecule has 242 valence electrons. The third-order valence-electron chi connectivity index (χ3n) is 8.93. The zero-order valence-electron chi connectivity index (χ0n) is 26.4. The van der Waals surface area contributed by atoms with E-state index in [4.69, 9.17) is 9.47 Å². The fraction of sp³-hybridized carbons (Fsp3) is 0.485. The normalized spacial score (nSPS) is 16.6. The van der Waals surface area contributed by atoms with Crippen molar-refractivity contribution in [1.82, 2.24) is 14.9 Å². The topological polar surface area (TPSA) is 91.9 Å². The molecule has 3 aromatic rings. The molecule has 2 aliphatic heterocycles. The Hall–Kier alpha value is -3.90. The van der Waals surface area contributed by atoms with Crippen molar-refractivity contribution < 1.29 is 27.4 Å².